The first kappa shape index (κ1) is 27.1. The highest BCUT2D eigenvalue weighted by atomic mass is 16.6. The zero-order chi connectivity index (χ0) is 29.4. The van der Waals surface area contributed by atoms with Gasteiger partial charge in [-0.15, -0.1) is 0 Å². The summed E-state index contributed by atoms with van der Waals surface area (Å²) in [7, 11) is 3.18. The Balaban J connectivity index is 1.41. The second-order valence-corrected chi connectivity index (χ2v) is 10.3. The number of fused-ring (bicyclic) bond motifs is 4. The molecule has 0 radical (unpaired) electrons. The summed E-state index contributed by atoms with van der Waals surface area (Å²) in [5.74, 6) is 0.868. The van der Waals surface area contributed by atoms with E-state index >= 15 is 0 Å². The van der Waals surface area contributed by atoms with Gasteiger partial charge in [-0.3, -0.25) is 14.9 Å². The number of rotatable bonds is 9. The molecule has 10 nitrogen and oxygen atoms in total. The number of aliphatic hydroxyl groups is 1. The number of nitrogens with one attached hydrogen (secondary N) is 2. The summed E-state index contributed by atoms with van der Waals surface area (Å²) in [5.41, 5.74) is 6.50. The van der Waals surface area contributed by atoms with Crippen molar-refractivity contribution in [3.8, 4) is 34.0 Å². The number of methoxy groups -OCH3 is 2. The van der Waals surface area contributed by atoms with E-state index in [4.69, 9.17) is 9.47 Å². The van der Waals surface area contributed by atoms with E-state index in [0.29, 0.717) is 47.7 Å². The Morgan fingerprint density at radius 1 is 1.10 bits per heavy atom. The molecule has 2 aromatic heterocycles. The number of aliphatic hydroxyl groups excluding tert-OH is 1. The molecule has 3 aromatic carbocycles. The number of nitro benzene ring substituents is 1. The molecule has 0 bridgehead atoms. The minimum atomic E-state index is -0.532. The summed E-state index contributed by atoms with van der Waals surface area (Å²) in [6.07, 6.45) is 3.03. The number of non-ortho nitro benzene ring substituents is 1. The molecule has 5 aromatic rings. The molecule has 0 aliphatic carbocycles. The summed E-state index contributed by atoms with van der Waals surface area (Å²) in [4.78, 5) is 28.0. The molecule has 0 fully saturated rings. The van der Waals surface area contributed by atoms with Gasteiger partial charge in [0, 0.05) is 47.0 Å². The molecule has 0 saturated carbocycles. The molecule has 1 amide bonds. The van der Waals surface area contributed by atoms with Gasteiger partial charge >= 0.3 is 0 Å². The van der Waals surface area contributed by atoms with E-state index in [9.17, 15) is 20.0 Å². The van der Waals surface area contributed by atoms with Gasteiger partial charge in [0.15, 0.2) is 11.5 Å². The van der Waals surface area contributed by atoms with Crippen LogP contribution in [0.4, 0.5) is 5.69 Å². The monoisotopic (exact) mass is 566 g/mol. The van der Waals surface area contributed by atoms with Gasteiger partial charge in [0.1, 0.15) is 0 Å². The predicted molar refractivity (Wildman–Crippen MR) is 159 cm³/mol. The van der Waals surface area contributed by atoms with Gasteiger partial charge in [0.05, 0.1) is 43.0 Å². The number of para-hydroxylation sites is 1. The molecule has 0 spiro atoms. The fourth-order valence-corrected chi connectivity index (χ4v) is 5.82. The summed E-state index contributed by atoms with van der Waals surface area (Å²) in [6.45, 7) is 0.349. The van der Waals surface area contributed by atoms with Crippen molar-refractivity contribution in [1.29, 1.82) is 0 Å². The number of nitro groups is 1. The van der Waals surface area contributed by atoms with E-state index in [0.717, 1.165) is 33.3 Å². The predicted octanol–water partition coefficient (Wildman–Crippen LogP) is 5.12. The van der Waals surface area contributed by atoms with Gasteiger partial charge in [-0.05, 0) is 65.9 Å². The van der Waals surface area contributed by atoms with E-state index in [-0.39, 0.29) is 18.2 Å². The topological polar surface area (TPSA) is 132 Å². The first-order valence-corrected chi connectivity index (χ1v) is 13.6. The van der Waals surface area contributed by atoms with E-state index in [2.05, 4.69) is 14.9 Å². The lowest BCUT2D eigenvalue weighted by Crippen LogP contribution is -2.39. The van der Waals surface area contributed by atoms with Gasteiger partial charge in [0.2, 0.25) is 0 Å². The van der Waals surface area contributed by atoms with Crippen LogP contribution >= 0.6 is 0 Å². The molecule has 0 saturated heterocycles. The summed E-state index contributed by atoms with van der Waals surface area (Å²) in [5, 5.41) is 25.6. The van der Waals surface area contributed by atoms with Crippen LogP contribution in [0.3, 0.4) is 0 Å². The van der Waals surface area contributed by atoms with E-state index in [1.165, 1.54) is 12.1 Å². The van der Waals surface area contributed by atoms with E-state index in [1.807, 2.05) is 48.7 Å². The van der Waals surface area contributed by atoms with Crippen molar-refractivity contribution in [3.05, 3.63) is 99.7 Å². The van der Waals surface area contributed by atoms with Crippen molar-refractivity contribution in [2.24, 2.45) is 0 Å². The summed E-state index contributed by atoms with van der Waals surface area (Å²) < 4.78 is 13.1. The lowest BCUT2D eigenvalue weighted by atomic mass is 9.97. The lowest BCUT2D eigenvalue weighted by Gasteiger charge is -2.23. The van der Waals surface area contributed by atoms with Crippen LogP contribution in [-0.2, 0) is 19.4 Å². The summed E-state index contributed by atoms with van der Waals surface area (Å²) >= 11 is 0. The Bertz CT molecular complexity index is 1800. The Hall–Kier alpha value is -5.09. The molecule has 6 rings (SSSR count). The average Bonchev–Trinajstić information content (AvgIpc) is 3.62. The van der Waals surface area contributed by atoms with Crippen LogP contribution in [0.1, 0.15) is 21.5 Å². The molecule has 1 aliphatic rings. The third-order valence-corrected chi connectivity index (χ3v) is 7.88. The molecule has 3 heterocycles. The number of hydrogen-bond acceptors (Lipinski definition) is 6. The largest absolute Gasteiger partial charge is 0.493 e. The molecule has 10 heteroatoms. The maximum absolute atomic E-state index is 13.9. The minimum Gasteiger partial charge on any atom is -0.493 e. The number of aromatic nitrogens is 2. The van der Waals surface area contributed by atoms with Crippen LogP contribution in [0.25, 0.3) is 33.4 Å². The first-order valence-electron chi connectivity index (χ1n) is 13.6. The molecule has 214 valence electrons. The number of aromatic amines is 1. The Kier molecular flexibility index (Phi) is 7.13. The lowest BCUT2D eigenvalue weighted by molar-refractivity contribution is -0.384. The van der Waals surface area contributed by atoms with Crippen molar-refractivity contribution in [2.45, 2.75) is 25.4 Å². The molecule has 1 aliphatic heterocycles. The fourth-order valence-electron chi connectivity index (χ4n) is 5.82. The number of hydrogen-bond donors (Lipinski definition) is 3. The highest BCUT2D eigenvalue weighted by molar-refractivity contribution is 6.02. The van der Waals surface area contributed by atoms with Crippen LogP contribution in [0.15, 0.2) is 72.9 Å². The minimum absolute atomic E-state index is 0.0311. The second kappa shape index (κ2) is 11.1. The van der Waals surface area contributed by atoms with Crippen molar-refractivity contribution >= 4 is 22.5 Å². The van der Waals surface area contributed by atoms with Crippen molar-refractivity contribution in [2.75, 3.05) is 20.8 Å². The highest BCUT2D eigenvalue weighted by Gasteiger charge is 2.29. The van der Waals surface area contributed by atoms with Gasteiger partial charge in [-0.2, -0.15) is 0 Å². The van der Waals surface area contributed by atoms with Gasteiger partial charge in [-0.25, -0.2) is 0 Å². The number of H-pyrrole nitrogens is 1. The van der Waals surface area contributed by atoms with Crippen LogP contribution in [0, 0.1) is 10.1 Å². The number of aryl methyl sites for hydroxylation is 1. The number of benzene rings is 3. The van der Waals surface area contributed by atoms with Crippen molar-refractivity contribution in [3.63, 3.8) is 0 Å². The maximum atomic E-state index is 13.9. The number of ether oxygens (including phenoxy) is 2. The van der Waals surface area contributed by atoms with Crippen LogP contribution < -0.4 is 14.8 Å². The molecule has 3 N–H and O–H groups in total. The normalized spacial score (nSPS) is 12.8. The zero-order valence-electron chi connectivity index (χ0n) is 23.2. The Morgan fingerprint density at radius 3 is 2.55 bits per heavy atom. The quantitative estimate of drug-likeness (QED) is 0.168. The number of amides is 1. The second-order valence-electron chi connectivity index (χ2n) is 10.3. The molecular weight excluding hydrogens is 536 g/mol. The average molecular weight is 567 g/mol. The third kappa shape index (κ3) is 4.75. The third-order valence-electron chi connectivity index (χ3n) is 7.88. The smallest absolute Gasteiger partial charge is 0.269 e. The number of nitrogens with zero attached hydrogens (tertiary/aromatic N) is 2. The maximum Gasteiger partial charge on any atom is 0.269 e. The standard InChI is InChI=1S/C32H30N4O6/c1-41-29-14-20-11-12-35-28(25(20)16-30(29)42-2)15-26(31(35)19-7-9-23(10-8-19)36(39)40)32(38)34-22(18-37)13-21-17-33-27-6-4-3-5-24(21)27/h3-10,14-17,22,33,37H,11-13,18H2,1-2H3,(H,34,38)/t22-/m1/s1. The van der Waals surface area contributed by atoms with Crippen molar-refractivity contribution in [1.82, 2.24) is 14.9 Å². The molecule has 42 heavy (non-hydrogen) atoms. The SMILES string of the molecule is COc1cc2c(cc1OC)-c1cc(C(=O)N[C@@H](CO)Cc3c[nH]c4ccccc34)c(-c3ccc([N+](=O)[O-])cc3)n1CC2. The molecular formula is C32H30N4O6. The van der Waals surface area contributed by atoms with E-state index < -0.39 is 11.0 Å². The van der Waals surface area contributed by atoms with Gasteiger partial charge in [0.25, 0.3) is 11.6 Å². The number of carbonyl (C=O) groups is 1. The van der Waals surface area contributed by atoms with Gasteiger partial charge < -0.3 is 29.4 Å². The Morgan fingerprint density at radius 2 is 1.83 bits per heavy atom. The Labute approximate surface area is 241 Å². The van der Waals surface area contributed by atoms with Crippen molar-refractivity contribution < 1.29 is 24.3 Å². The first-order chi connectivity index (χ1) is 20.4. The van der Waals surface area contributed by atoms with E-state index in [1.54, 1.807) is 26.4 Å². The highest BCUT2D eigenvalue weighted by Crippen LogP contribution is 2.42. The van der Waals surface area contributed by atoms with Gasteiger partial charge in [-0.1, -0.05) is 18.2 Å². The fraction of sp³-hybridized carbons (Fsp3) is 0.219. The van der Waals surface area contributed by atoms with Crippen LogP contribution in [0.5, 0.6) is 11.5 Å². The molecule has 1 atom stereocenters. The summed E-state index contributed by atoms with van der Waals surface area (Å²) in [6, 6.07) is 19.3. The zero-order valence-corrected chi connectivity index (χ0v) is 23.2. The molecule has 0 unspecified atom stereocenters. The number of carbonyl (C=O) groups excluding carboxylic acids is 1. The van der Waals surface area contributed by atoms with Crippen LogP contribution in [-0.4, -0.2) is 52.4 Å². The van der Waals surface area contributed by atoms with Crippen LogP contribution in [0.2, 0.25) is 0 Å².